The molecule has 0 aliphatic rings. The van der Waals surface area contributed by atoms with E-state index in [4.69, 9.17) is 10.3 Å². The Morgan fingerprint density at radius 3 is 2.74 bits per heavy atom. The van der Waals surface area contributed by atoms with Gasteiger partial charge in [0.15, 0.2) is 0 Å². The van der Waals surface area contributed by atoms with Crippen molar-refractivity contribution in [3.63, 3.8) is 0 Å². The average Bonchev–Trinajstić information content (AvgIpc) is 3.09. The smallest absolute Gasteiger partial charge is 0.228 e. The number of anilines is 1. The molecule has 2 N–H and O–H groups in total. The Balaban J connectivity index is 1.77. The van der Waals surface area contributed by atoms with Gasteiger partial charge in [-0.1, -0.05) is 17.3 Å². The highest BCUT2D eigenvalue weighted by molar-refractivity contribution is 9.10. The van der Waals surface area contributed by atoms with Gasteiger partial charge in [0.1, 0.15) is 0 Å². The monoisotopic (exact) mass is 375 g/mol. The standard InChI is InChI=1S/C16H18BrN5O/c1-9-12(5-4-6-13(9)18)16-19-14(23-21-16)7-8-22-11(3)15(17)10(2)20-22/h4-6H,7-8,18H2,1-3H3. The van der Waals surface area contributed by atoms with Crippen LogP contribution >= 0.6 is 15.9 Å². The van der Waals surface area contributed by atoms with E-state index in [1.807, 2.05) is 43.7 Å². The molecule has 0 radical (unpaired) electrons. The van der Waals surface area contributed by atoms with Crippen LogP contribution in [0.1, 0.15) is 22.8 Å². The van der Waals surface area contributed by atoms with E-state index in [1.165, 1.54) is 0 Å². The molecule has 2 heterocycles. The van der Waals surface area contributed by atoms with Crippen molar-refractivity contribution in [3.05, 3.63) is 45.5 Å². The van der Waals surface area contributed by atoms with E-state index in [-0.39, 0.29) is 0 Å². The highest BCUT2D eigenvalue weighted by Gasteiger charge is 2.13. The molecule has 0 fully saturated rings. The third kappa shape index (κ3) is 3.01. The molecule has 7 heteroatoms. The predicted molar refractivity (Wildman–Crippen MR) is 92.0 cm³/mol. The number of nitrogen functional groups attached to an aromatic ring is 1. The van der Waals surface area contributed by atoms with Crippen LogP contribution in [0.4, 0.5) is 5.69 Å². The molecule has 23 heavy (non-hydrogen) atoms. The second kappa shape index (κ2) is 6.16. The van der Waals surface area contributed by atoms with Crippen LogP contribution in [0.15, 0.2) is 27.2 Å². The van der Waals surface area contributed by atoms with Gasteiger partial charge in [0.2, 0.25) is 11.7 Å². The van der Waals surface area contributed by atoms with Crippen LogP contribution in [0.2, 0.25) is 0 Å². The lowest BCUT2D eigenvalue weighted by molar-refractivity contribution is 0.368. The minimum Gasteiger partial charge on any atom is -0.398 e. The Kier molecular flexibility index (Phi) is 4.21. The topological polar surface area (TPSA) is 82.8 Å². The molecule has 0 saturated carbocycles. The van der Waals surface area contributed by atoms with Crippen LogP contribution in [0.3, 0.4) is 0 Å². The molecule has 0 unspecified atom stereocenters. The first-order valence-electron chi connectivity index (χ1n) is 7.35. The van der Waals surface area contributed by atoms with E-state index in [2.05, 4.69) is 31.2 Å². The van der Waals surface area contributed by atoms with Crippen molar-refractivity contribution in [1.29, 1.82) is 0 Å². The summed E-state index contributed by atoms with van der Waals surface area (Å²) < 4.78 is 8.34. The van der Waals surface area contributed by atoms with Crippen molar-refractivity contribution in [2.45, 2.75) is 33.7 Å². The van der Waals surface area contributed by atoms with Crippen LogP contribution in [0, 0.1) is 20.8 Å². The first-order chi connectivity index (χ1) is 11.0. The van der Waals surface area contributed by atoms with Gasteiger partial charge in [-0.3, -0.25) is 4.68 Å². The van der Waals surface area contributed by atoms with Crippen LogP contribution in [0.25, 0.3) is 11.4 Å². The zero-order chi connectivity index (χ0) is 16.6. The minimum absolute atomic E-state index is 0.569. The fourth-order valence-corrected chi connectivity index (χ4v) is 2.74. The lowest BCUT2D eigenvalue weighted by Gasteiger charge is -2.03. The van der Waals surface area contributed by atoms with Gasteiger partial charge >= 0.3 is 0 Å². The lowest BCUT2D eigenvalue weighted by atomic mass is 10.1. The highest BCUT2D eigenvalue weighted by atomic mass is 79.9. The van der Waals surface area contributed by atoms with Gasteiger partial charge in [-0.25, -0.2) is 0 Å². The van der Waals surface area contributed by atoms with Crippen molar-refractivity contribution in [2.24, 2.45) is 0 Å². The first kappa shape index (κ1) is 15.7. The third-order valence-electron chi connectivity index (χ3n) is 3.92. The summed E-state index contributed by atoms with van der Waals surface area (Å²) in [6.07, 6.45) is 0.628. The normalized spacial score (nSPS) is 11.1. The first-order valence-corrected chi connectivity index (χ1v) is 8.14. The van der Waals surface area contributed by atoms with Gasteiger partial charge in [-0.05, 0) is 48.3 Å². The summed E-state index contributed by atoms with van der Waals surface area (Å²) in [5.41, 5.74) is 10.6. The molecule has 120 valence electrons. The van der Waals surface area contributed by atoms with Crippen molar-refractivity contribution < 1.29 is 4.52 Å². The molecule has 0 aliphatic carbocycles. The minimum atomic E-state index is 0.569. The Hall–Kier alpha value is -2.15. The second-order valence-electron chi connectivity index (χ2n) is 5.49. The van der Waals surface area contributed by atoms with Gasteiger partial charge in [0.05, 0.1) is 16.7 Å². The summed E-state index contributed by atoms with van der Waals surface area (Å²) in [5.74, 6) is 1.16. The highest BCUT2D eigenvalue weighted by Crippen LogP contribution is 2.25. The number of hydrogen-bond acceptors (Lipinski definition) is 5. The van der Waals surface area contributed by atoms with Crippen LogP contribution in [-0.2, 0) is 13.0 Å². The summed E-state index contributed by atoms with van der Waals surface area (Å²) in [4.78, 5) is 4.47. The number of nitrogens with zero attached hydrogens (tertiary/aromatic N) is 4. The third-order valence-corrected chi connectivity index (χ3v) is 5.06. The van der Waals surface area contributed by atoms with E-state index >= 15 is 0 Å². The maximum atomic E-state index is 5.93. The Bertz CT molecular complexity index is 852. The Morgan fingerprint density at radius 1 is 1.26 bits per heavy atom. The largest absolute Gasteiger partial charge is 0.398 e. The summed E-state index contributed by atoms with van der Waals surface area (Å²) in [7, 11) is 0. The van der Waals surface area contributed by atoms with Gasteiger partial charge in [0.25, 0.3) is 0 Å². The Morgan fingerprint density at radius 2 is 2.04 bits per heavy atom. The van der Waals surface area contributed by atoms with Gasteiger partial charge in [0, 0.05) is 23.4 Å². The number of nitrogens with two attached hydrogens (primary N) is 1. The molecule has 3 aromatic rings. The van der Waals surface area contributed by atoms with Crippen LogP contribution in [-0.4, -0.2) is 19.9 Å². The molecular weight excluding hydrogens is 358 g/mol. The molecule has 0 amide bonds. The number of benzene rings is 1. The quantitative estimate of drug-likeness (QED) is 0.706. The molecule has 0 atom stereocenters. The zero-order valence-electron chi connectivity index (χ0n) is 13.3. The van der Waals surface area contributed by atoms with Gasteiger partial charge in [-0.15, -0.1) is 0 Å². The van der Waals surface area contributed by atoms with E-state index in [1.54, 1.807) is 0 Å². The second-order valence-corrected chi connectivity index (χ2v) is 6.28. The molecule has 0 bridgehead atoms. The summed E-state index contributed by atoms with van der Waals surface area (Å²) in [6, 6.07) is 5.69. The molecule has 0 spiro atoms. The van der Waals surface area contributed by atoms with Crippen LogP contribution in [0.5, 0.6) is 0 Å². The van der Waals surface area contributed by atoms with Gasteiger partial charge < -0.3 is 10.3 Å². The summed E-state index contributed by atoms with van der Waals surface area (Å²) in [5, 5.41) is 8.54. The van der Waals surface area contributed by atoms with Crippen molar-refractivity contribution in [1.82, 2.24) is 19.9 Å². The molecule has 0 saturated heterocycles. The number of rotatable bonds is 4. The van der Waals surface area contributed by atoms with E-state index < -0.39 is 0 Å². The zero-order valence-corrected chi connectivity index (χ0v) is 14.9. The SMILES string of the molecule is Cc1nn(CCc2nc(-c3cccc(N)c3C)no2)c(C)c1Br. The number of aromatic nitrogens is 4. The number of hydrogen-bond donors (Lipinski definition) is 1. The molecule has 0 aliphatic heterocycles. The van der Waals surface area contributed by atoms with Crippen molar-refractivity contribution >= 4 is 21.6 Å². The maximum absolute atomic E-state index is 5.93. The average molecular weight is 376 g/mol. The predicted octanol–water partition coefficient (Wildman–Crippen LogP) is 3.45. The molecule has 1 aromatic carbocycles. The molecule has 3 rings (SSSR count). The number of aryl methyl sites for hydroxylation is 3. The Labute approximate surface area is 142 Å². The molecular formula is C16H18BrN5O. The molecule has 6 nitrogen and oxygen atoms in total. The van der Waals surface area contributed by atoms with E-state index in [0.717, 1.165) is 32.7 Å². The summed E-state index contributed by atoms with van der Waals surface area (Å²) >= 11 is 3.53. The van der Waals surface area contributed by atoms with E-state index in [0.29, 0.717) is 24.7 Å². The van der Waals surface area contributed by atoms with Crippen LogP contribution < -0.4 is 5.73 Å². The fourth-order valence-electron chi connectivity index (χ4n) is 2.46. The van der Waals surface area contributed by atoms with Gasteiger partial charge in [-0.2, -0.15) is 10.1 Å². The summed E-state index contributed by atoms with van der Waals surface area (Å²) in [6.45, 7) is 6.64. The lowest BCUT2D eigenvalue weighted by Crippen LogP contribution is -2.05. The number of halogens is 1. The fraction of sp³-hybridized carbons (Fsp3) is 0.312. The molecule has 2 aromatic heterocycles. The maximum Gasteiger partial charge on any atom is 0.228 e. The van der Waals surface area contributed by atoms with Crippen molar-refractivity contribution in [3.8, 4) is 11.4 Å². The van der Waals surface area contributed by atoms with Crippen molar-refractivity contribution in [2.75, 3.05) is 5.73 Å². The van der Waals surface area contributed by atoms with E-state index in [9.17, 15) is 0 Å².